The topological polar surface area (TPSA) is 89.3 Å². The molecular formula is C11H12N2O4S. The van der Waals surface area contributed by atoms with E-state index >= 15 is 0 Å². The fourth-order valence-electron chi connectivity index (χ4n) is 1.20. The van der Waals surface area contributed by atoms with Crippen molar-refractivity contribution in [2.45, 2.75) is 18.2 Å². The summed E-state index contributed by atoms with van der Waals surface area (Å²) < 4.78 is 25.9. The van der Waals surface area contributed by atoms with Crippen molar-refractivity contribution >= 4 is 15.7 Å². The van der Waals surface area contributed by atoms with Gasteiger partial charge in [-0.2, -0.15) is 0 Å². The van der Waals surface area contributed by atoms with Gasteiger partial charge in [0.1, 0.15) is 0 Å². The Hall–Kier alpha value is -1.91. The second-order valence-corrected chi connectivity index (χ2v) is 5.09. The lowest BCUT2D eigenvalue weighted by Crippen LogP contribution is -2.24. The second kappa shape index (κ2) is 6.14. The maximum Gasteiger partial charge on any atom is 0.269 e. The summed E-state index contributed by atoms with van der Waals surface area (Å²) in [4.78, 5) is 9.85. The first kappa shape index (κ1) is 14.2. The monoisotopic (exact) mass is 268 g/mol. The number of nitrogens with one attached hydrogen (secondary N) is 1. The lowest BCUT2D eigenvalue weighted by Gasteiger charge is -2.04. The molecule has 0 atom stereocenters. The van der Waals surface area contributed by atoms with E-state index in [-0.39, 0.29) is 17.1 Å². The van der Waals surface area contributed by atoms with Gasteiger partial charge in [-0.05, 0) is 19.1 Å². The highest BCUT2D eigenvalue weighted by Gasteiger charge is 2.14. The van der Waals surface area contributed by atoms with Crippen LogP contribution in [0, 0.1) is 22.0 Å². The fourth-order valence-corrected chi connectivity index (χ4v) is 2.24. The maximum atomic E-state index is 11.7. The lowest BCUT2D eigenvalue weighted by molar-refractivity contribution is -0.384. The van der Waals surface area contributed by atoms with E-state index in [4.69, 9.17) is 0 Å². The quantitative estimate of drug-likeness (QED) is 0.377. The molecule has 0 saturated heterocycles. The summed E-state index contributed by atoms with van der Waals surface area (Å²) in [6, 6.07) is 4.71. The van der Waals surface area contributed by atoms with Gasteiger partial charge in [-0.25, -0.2) is 13.1 Å². The van der Waals surface area contributed by atoms with Crippen LogP contribution in [-0.2, 0) is 10.0 Å². The Balaban J connectivity index is 2.78. The average molecular weight is 268 g/mol. The van der Waals surface area contributed by atoms with Crippen LogP contribution in [0.3, 0.4) is 0 Å². The molecule has 0 amide bonds. The molecule has 7 heteroatoms. The summed E-state index contributed by atoms with van der Waals surface area (Å²) in [6.07, 6.45) is 0.419. The molecule has 1 rings (SSSR count). The third kappa shape index (κ3) is 3.84. The van der Waals surface area contributed by atoms with Crippen LogP contribution in [0.5, 0.6) is 0 Å². The standard InChI is InChI=1S/C11H12N2O4S/c1-2-3-4-9-12-18(16,17)11-7-5-10(6-8-11)13(14)15/h5-8,12H,4,9H2,1H3. The van der Waals surface area contributed by atoms with Gasteiger partial charge in [0.05, 0.1) is 9.82 Å². The van der Waals surface area contributed by atoms with Crippen LogP contribution in [-0.4, -0.2) is 19.9 Å². The van der Waals surface area contributed by atoms with E-state index < -0.39 is 14.9 Å². The molecule has 1 aromatic rings. The molecule has 0 aliphatic heterocycles. The maximum absolute atomic E-state index is 11.7. The van der Waals surface area contributed by atoms with Gasteiger partial charge in [0, 0.05) is 25.1 Å². The van der Waals surface area contributed by atoms with Crippen LogP contribution < -0.4 is 4.72 Å². The highest BCUT2D eigenvalue weighted by atomic mass is 32.2. The molecule has 0 saturated carbocycles. The van der Waals surface area contributed by atoms with Crippen LogP contribution in [0.25, 0.3) is 0 Å². The molecule has 0 unspecified atom stereocenters. The van der Waals surface area contributed by atoms with Crippen LogP contribution in [0.15, 0.2) is 29.2 Å². The van der Waals surface area contributed by atoms with Crippen molar-refractivity contribution < 1.29 is 13.3 Å². The predicted molar refractivity (Wildman–Crippen MR) is 66.4 cm³/mol. The van der Waals surface area contributed by atoms with Gasteiger partial charge in [-0.15, -0.1) is 11.8 Å². The number of sulfonamides is 1. The van der Waals surface area contributed by atoms with Crippen molar-refractivity contribution in [3.05, 3.63) is 34.4 Å². The summed E-state index contributed by atoms with van der Waals surface area (Å²) >= 11 is 0. The first-order valence-corrected chi connectivity index (χ1v) is 6.59. The molecule has 1 aromatic carbocycles. The summed E-state index contributed by atoms with van der Waals surface area (Å²) in [5.74, 6) is 5.38. The summed E-state index contributed by atoms with van der Waals surface area (Å²) in [5, 5.41) is 10.4. The molecule has 18 heavy (non-hydrogen) atoms. The van der Waals surface area contributed by atoms with Crippen LogP contribution in [0.4, 0.5) is 5.69 Å². The van der Waals surface area contributed by atoms with Crippen molar-refractivity contribution in [1.29, 1.82) is 0 Å². The molecule has 96 valence electrons. The number of nitrogens with zero attached hydrogens (tertiary/aromatic N) is 1. The van der Waals surface area contributed by atoms with Gasteiger partial charge in [0.15, 0.2) is 0 Å². The number of hydrogen-bond donors (Lipinski definition) is 1. The molecule has 0 aromatic heterocycles. The van der Waals surface area contributed by atoms with E-state index in [2.05, 4.69) is 16.6 Å². The third-order valence-electron chi connectivity index (χ3n) is 2.08. The summed E-state index contributed by atoms with van der Waals surface area (Å²) in [6.45, 7) is 1.88. The van der Waals surface area contributed by atoms with E-state index in [1.807, 2.05) is 0 Å². The zero-order valence-electron chi connectivity index (χ0n) is 9.71. The van der Waals surface area contributed by atoms with E-state index in [0.29, 0.717) is 6.42 Å². The number of non-ortho nitro benzene ring substituents is 1. The number of rotatable bonds is 5. The van der Waals surface area contributed by atoms with Gasteiger partial charge in [0.25, 0.3) is 5.69 Å². The minimum atomic E-state index is -3.62. The molecule has 0 aliphatic carbocycles. The Labute approximate surface area is 105 Å². The zero-order chi connectivity index (χ0) is 13.6. The Kier molecular flexibility index (Phi) is 4.83. The van der Waals surface area contributed by atoms with Crippen LogP contribution in [0.2, 0.25) is 0 Å². The van der Waals surface area contributed by atoms with E-state index in [1.165, 1.54) is 12.1 Å². The van der Waals surface area contributed by atoms with Gasteiger partial charge >= 0.3 is 0 Å². The lowest BCUT2D eigenvalue weighted by atomic mass is 10.3. The summed E-state index contributed by atoms with van der Waals surface area (Å²) in [5.41, 5.74) is -0.147. The van der Waals surface area contributed by atoms with Crippen molar-refractivity contribution in [2.75, 3.05) is 6.54 Å². The van der Waals surface area contributed by atoms with Gasteiger partial charge in [-0.3, -0.25) is 10.1 Å². The molecule has 0 fully saturated rings. The van der Waals surface area contributed by atoms with Gasteiger partial charge in [-0.1, -0.05) is 0 Å². The van der Waals surface area contributed by atoms with Crippen molar-refractivity contribution in [2.24, 2.45) is 0 Å². The highest BCUT2D eigenvalue weighted by Crippen LogP contribution is 2.15. The van der Waals surface area contributed by atoms with Gasteiger partial charge < -0.3 is 0 Å². The van der Waals surface area contributed by atoms with Crippen molar-refractivity contribution in [3.8, 4) is 11.8 Å². The first-order chi connectivity index (χ1) is 8.47. The number of nitro groups is 1. The fraction of sp³-hybridized carbons (Fsp3) is 0.273. The smallest absolute Gasteiger partial charge is 0.258 e. The first-order valence-electron chi connectivity index (χ1n) is 5.11. The minimum absolute atomic E-state index is 0.00226. The number of hydrogen-bond acceptors (Lipinski definition) is 4. The molecule has 0 bridgehead atoms. The molecule has 0 spiro atoms. The van der Waals surface area contributed by atoms with E-state index in [0.717, 1.165) is 12.1 Å². The Morgan fingerprint density at radius 3 is 2.44 bits per heavy atom. The Morgan fingerprint density at radius 2 is 1.94 bits per heavy atom. The van der Waals surface area contributed by atoms with E-state index in [1.54, 1.807) is 6.92 Å². The molecule has 0 heterocycles. The number of benzene rings is 1. The molecule has 6 nitrogen and oxygen atoms in total. The average Bonchev–Trinajstić information content (AvgIpc) is 2.35. The Morgan fingerprint density at radius 1 is 1.33 bits per heavy atom. The van der Waals surface area contributed by atoms with Crippen LogP contribution in [0.1, 0.15) is 13.3 Å². The molecule has 0 aliphatic rings. The Bertz CT molecular complexity index is 582. The second-order valence-electron chi connectivity index (χ2n) is 3.33. The van der Waals surface area contributed by atoms with Crippen molar-refractivity contribution in [3.63, 3.8) is 0 Å². The molecule has 1 N–H and O–H groups in total. The van der Waals surface area contributed by atoms with Gasteiger partial charge in [0.2, 0.25) is 10.0 Å². The highest BCUT2D eigenvalue weighted by molar-refractivity contribution is 7.89. The third-order valence-corrected chi connectivity index (χ3v) is 3.55. The van der Waals surface area contributed by atoms with E-state index in [9.17, 15) is 18.5 Å². The summed E-state index contributed by atoms with van der Waals surface area (Å²) in [7, 11) is -3.62. The minimum Gasteiger partial charge on any atom is -0.258 e. The predicted octanol–water partition coefficient (Wildman–Crippen LogP) is 1.29. The van der Waals surface area contributed by atoms with Crippen LogP contribution >= 0.6 is 0 Å². The number of nitro benzene ring substituents is 1. The largest absolute Gasteiger partial charge is 0.269 e. The molecule has 0 radical (unpaired) electrons. The molecular weight excluding hydrogens is 256 g/mol. The normalized spacial score (nSPS) is 10.5. The van der Waals surface area contributed by atoms with Crippen molar-refractivity contribution in [1.82, 2.24) is 4.72 Å². The SMILES string of the molecule is CC#CCCNS(=O)(=O)c1ccc([N+](=O)[O-])cc1. The zero-order valence-corrected chi connectivity index (χ0v) is 10.5.